The summed E-state index contributed by atoms with van der Waals surface area (Å²) in [5.41, 5.74) is 1.28. The fourth-order valence-corrected chi connectivity index (χ4v) is 3.36. The maximum absolute atomic E-state index is 5.86. The number of ether oxygens (including phenoxy) is 1. The van der Waals surface area contributed by atoms with Crippen molar-refractivity contribution in [3.63, 3.8) is 0 Å². The van der Waals surface area contributed by atoms with Crippen LogP contribution in [0.5, 0.6) is 0 Å². The van der Waals surface area contributed by atoms with Gasteiger partial charge in [-0.1, -0.05) is 44.2 Å². The van der Waals surface area contributed by atoms with Gasteiger partial charge >= 0.3 is 0 Å². The first-order valence-electron chi connectivity index (χ1n) is 6.05. The van der Waals surface area contributed by atoms with E-state index in [1.165, 1.54) is 18.4 Å². The molecule has 1 fully saturated rings. The van der Waals surface area contributed by atoms with Crippen molar-refractivity contribution in [2.75, 3.05) is 0 Å². The third kappa shape index (κ3) is 3.53. The van der Waals surface area contributed by atoms with Gasteiger partial charge in [-0.05, 0) is 23.7 Å². The zero-order valence-electron chi connectivity index (χ0n) is 10.1. The van der Waals surface area contributed by atoms with Crippen LogP contribution in [0.4, 0.5) is 0 Å². The van der Waals surface area contributed by atoms with E-state index in [1.54, 1.807) is 0 Å². The summed E-state index contributed by atoms with van der Waals surface area (Å²) in [4.78, 5) is 0. The molecule has 2 rings (SSSR count). The second-order valence-corrected chi connectivity index (χ2v) is 6.58. The summed E-state index contributed by atoms with van der Waals surface area (Å²) < 4.78 is 5.86. The van der Waals surface area contributed by atoms with Gasteiger partial charge in [0.1, 0.15) is 0 Å². The molecule has 16 heavy (non-hydrogen) atoms. The Balaban J connectivity index is 1.63. The molecule has 1 aromatic rings. The molecular weight excluding hydrogens is 216 g/mol. The van der Waals surface area contributed by atoms with Crippen molar-refractivity contribution in [1.29, 1.82) is 0 Å². The van der Waals surface area contributed by atoms with Gasteiger partial charge in [-0.25, -0.2) is 0 Å². The molecule has 0 aliphatic heterocycles. The first kappa shape index (κ1) is 12.0. The quantitative estimate of drug-likeness (QED) is 0.767. The molecule has 2 heteroatoms. The summed E-state index contributed by atoms with van der Waals surface area (Å²) in [5.74, 6) is 0. The second kappa shape index (κ2) is 5.74. The van der Waals surface area contributed by atoms with Crippen LogP contribution in [0.25, 0.3) is 0 Å². The van der Waals surface area contributed by atoms with Gasteiger partial charge in [-0.2, -0.15) is 11.8 Å². The summed E-state index contributed by atoms with van der Waals surface area (Å²) in [5, 5.41) is 1.58. The van der Waals surface area contributed by atoms with E-state index in [9.17, 15) is 0 Å². The minimum atomic E-state index is 0.497. The lowest BCUT2D eigenvalue weighted by atomic mass is 9.95. The number of hydrogen-bond acceptors (Lipinski definition) is 2. The Labute approximate surface area is 103 Å². The number of hydrogen-bond donors (Lipinski definition) is 0. The maximum Gasteiger partial charge on any atom is 0.0720 e. The van der Waals surface area contributed by atoms with Crippen LogP contribution in [0.3, 0.4) is 0 Å². The molecule has 1 saturated carbocycles. The zero-order valence-corrected chi connectivity index (χ0v) is 10.9. The van der Waals surface area contributed by atoms with E-state index < -0.39 is 0 Å². The van der Waals surface area contributed by atoms with E-state index in [4.69, 9.17) is 4.74 Å². The Bertz CT molecular complexity index is 304. The fraction of sp³-hybridized carbons (Fsp3) is 0.571. The van der Waals surface area contributed by atoms with Crippen LogP contribution in [-0.2, 0) is 11.3 Å². The fourth-order valence-electron chi connectivity index (χ4n) is 1.94. The summed E-state index contributed by atoms with van der Waals surface area (Å²) in [6.07, 6.45) is 2.96. The minimum absolute atomic E-state index is 0.497. The summed E-state index contributed by atoms with van der Waals surface area (Å²) in [6, 6.07) is 10.4. The van der Waals surface area contributed by atoms with Crippen LogP contribution in [0, 0.1) is 0 Å². The normalized spacial score (nSPS) is 24.4. The highest BCUT2D eigenvalue weighted by molar-refractivity contribution is 8.00. The van der Waals surface area contributed by atoms with Crippen molar-refractivity contribution in [3.8, 4) is 0 Å². The van der Waals surface area contributed by atoms with Crippen molar-refractivity contribution >= 4 is 11.8 Å². The largest absolute Gasteiger partial charge is 0.373 e. The van der Waals surface area contributed by atoms with Crippen molar-refractivity contribution < 1.29 is 4.74 Å². The second-order valence-electron chi connectivity index (χ2n) is 4.70. The van der Waals surface area contributed by atoms with Crippen molar-refractivity contribution in [2.45, 2.75) is 49.9 Å². The van der Waals surface area contributed by atoms with Gasteiger partial charge in [0.2, 0.25) is 0 Å². The van der Waals surface area contributed by atoms with Gasteiger partial charge in [0.25, 0.3) is 0 Å². The van der Waals surface area contributed by atoms with E-state index in [1.807, 2.05) is 6.07 Å². The highest BCUT2D eigenvalue weighted by atomic mass is 32.2. The first-order valence-corrected chi connectivity index (χ1v) is 6.99. The molecule has 0 aromatic heterocycles. The third-order valence-electron chi connectivity index (χ3n) is 2.84. The molecular formula is C14H20OS. The van der Waals surface area contributed by atoms with Crippen LogP contribution >= 0.6 is 11.8 Å². The molecule has 0 amide bonds. The molecule has 88 valence electrons. The average molecular weight is 236 g/mol. The lowest BCUT2D eigenvalue weighted by Crippen LogP contribution is -2.34. The minimum Gasteiger partial charge on any atom is -0.373 e. The smallest absolute Gasteiger partial charge is 0.0720 e. The molecule has 1 aliphatic rings. The maximum atomic E-state index is 5.86. The van der Waals surface area contributed by atoms with Crippen LogP contribution in [0.15, 0.2) is 30.3 Å². The summed E-state index contributed by atoms with van der Waals surface area (Å²) in [6.45, 7) is 5.30. The highest BCUT2D eigenvalue weighted by Crippen LogP contribution is 2.36. The Kier molecular flexibility index (Phi) is 4.30. The molecule has 0 radical (unpaired) electrons. The Morgan fingerprint density at radius 1 is 1.25 bits per heavy atom. The molecule has 1 nitrogen and oxygen atoms in total. The number of benzene rings is 1. The molecule has 0 bridgehead atoms. The Morgan fingerprint density at radius 2 is 1.94 bits per heavy atom. The SMILES string of the molecule is CC(C)S[C@H]1C[C@@H](OCc2ccccc2)C1. The monoisotopic (exact) mass is 236 g/mol. The number of rotatable bonds is 5. The zero-order chi connectivity index (χ0) is 11.4. The number of thioether (sulfide) groups is 1. The van der Waals surface area contributed by atoms with Gasteiger partial charge in [0, 0.05) is 5.25 Å². The molecule has 0 N–H and O–H groups in total. The van der Waals surface area contributed by atoms with Gasteiger partial charge in [0.15, 0.2) is 0 Å². The Morgan fingerprint density at radius 3 is 2.56 bits per heavy atom. The predicted molar refractivity (Wildman–Crippen MR) is 70.8 cm³/mol. The topological polar surface area (TPSA) is 9.23 Å². The van der Waals surface area contributed by atoms with E-state index in [-0.39, 0.29) is 0 Å². The molecule has 1 aromatic carbocycles. The van der Waals surface area contributed by atoms with Crippen LogP contribution in [0.1, 0.15) is 32.3 Å². The van der Waals surface area contributed by atoms with Crippen molar-refractivity contribution in [2.24, 2.45) is 0 Å². The van der Waals surface area contributed by atoms with Gasteiger partial charge in [0.05, 0.1) is 12.7 Å². The van der Waals surface area contributed by atoms with E-state index in [0.717, 1.165) is 17.1 Å². The first-order chi connectivity index (χ1) is 7.74. The van der Waals surface area contributed by atoms with E-state index >= 15 is 0 Å². The van der Waals surface area contributed by atoms with E-state index in [2.05, 4.69) is 49.9 Å². The average Bonchev–Trinajstić information content (AvgIpc) is 2.22. The molecule has 0 saturated heterocycles. The highest BCUT2D eigenvalue weighted by Gasteiger charge is 2.30. The standard InChI is InChI=1S/C14H20OS/c1-11(2)16-14-8-13(9-14)15-10-12-6-4-3-5-7-12/h3-7,11,13-14H,8-10H2,1-2H3/t13-,14+. The Hall–Kier alpha value is -0.470. The van der Waals surface area contributed by atoms with Crippen molar-refractivity contribution in [1.82, 2.24) is 0 Å². The molecule has 0 unspecified atom stereocenters. The van der Waals surface area contributed by atoms with Gasteiger partial charge in [-0.3, -0.25) is 0 Å². The van der Waals surface area contributed by atoms with Gasteiger partial charge < -0.3 is 4.74 Å². The third-order valence-corrected chi connectivity index (χ3v) is 4.16. The van der Waals surface area contributed by atoms with Crippen molar-refractivity contribution in [3.05, 3.63) is 35.9 Å². The van der Waals surface area contributed by atoms with Crippen LogP contribution in [-0.4, -0.2) is 16.6 Å². The van der Waals surface area contributed by atoms with Gasteiger partial charge in [-0.15, -0.1) is 0 Å². The van der Waals surface area contributed by atoms with Crippen LogP contribution < -0.4 is 0 Å². The predicted octanol–water partition coefficient (Wildman–Crippen LogP) is 3.88. The van der Waals surface area contributed by atoms with E-state index in [0.29, 0.717) is 6.10 Å². The summed E-state index contributed by atoms with van der Waals surface area (Å²) in [7, 11) is 0. The lowest BCUT2D eigenvalue weighted by Gasteiger charge is -2.35. The molecule has 0 atom stereocenters. The molecule has 1 aliphatic carbocycles. The molecule has 0 spiro atoms. The summed E-state index contributed by atoms with van der Waals surface area (Å²) >= 11 is 2.09. The van der Waals surface area contributed by atoms with Crippen LogP contribution in [0.2, 0.25) is 0 Å². The lowest BCUT2D eigenvalue weighted by molar-refractivity contribution is -0.00505. The molecule has 0 heterocycles.